The van der Waals surface area contributed by atoms with E-state index in [1.54, 1.807) is 28.7 Å². The third-order valence-electron chi connectivity index (χ3n) is 3.91. The molecule has 0 bridgehead atoms. The molecule has 0 N–H and O–H groups in total. The summed E-state index contributed by atoms with van der Waals surface area (Å²) < 4.78 is 25.6. The van der Waals surface area contributed by atoms with Crippen molar-refractivity contribution in [1.29, 1.82) is 0 Å². The minimum Gasteiger partial charge on any atom is -0.256 e. The highest BCUT2D eigenvalue weighted by atomic mass is 79.9. The lowest BCUT2D eigenvalue weighted by atomic mass is 10.0. The zero-order valence-electron chi connectivity index (χ0n) is 12.8. The van der Waals surface area contributed by atoms with Gasteiger partial charge in [0.25, 0.3) is 0 Å². The van der Waals surface area contributed by atoms with E-state index < -0.39 is 9.84 Å². The van der Waals surface area contributed by atoms with Crippen LogP contribution >= 0.6 is 39.3 Å². The summed E-state index contributed by atoms with van der Waals surface area (Å²) in [6, 6.07) is 12.6. The van der Waals surface area contributed by atoms with Gasteiger partial charge in [0.05, 0.1) is 16.3 Å². The van der Waals surface area contributed by atoms with Crippen LogP contribution in [-0.2, 0) is 22.7 Å². The Morgan fingerprint density at radius 2 is 1.83 bits per heavy atom. The Hall–Kier alpha value is -1.01. The Bertz CT molecular complexity index is 924. The summed E-state index contributed by atoms with van der Waals surface area (Å²) in [5.74, 6) is 0. The Morgan fingerprint density at radius 1 is 1.17 bits per heavy atom. The van der Waals surface area contributed by atoms with E-state index in [9.17, 15) is 8.42 Å². The Balaban J connectivity index is 1.90. The largest absolute Gasteiger partial charge is 0.256 e. The Labute approximate surface area is 160 Å². The van der Waals surface area contributed by atoms with Crippen molar-refractivity contribution in [2.75, 3.05) is 10.7 Å². The lowest BCUT2D eigenvalue weighted by molar-refractivity contribution is 0.602. The van der Waals surface area contributed by atoms with Crippen LogP contribution in [0.1, 0.15) is 11.1 Å². The number of nitrogens with zero attached hydrogens (tertiary/aromatic N) is 1. The highest BCUT2D eigenvalue weighted by Crippen LogP contribution is 2.40. The van der Waals surface area contributed by atoms with Crippen LogP contribution in [0.2, 0.25) is 0 Å². The summed E-state index contributed by atoms with van der Waals surface area (Å²) in [7, 11) is -3.20. The van der Waals surface area contributed by atoms with E-state index in [-0.39, 0.29) is 0 Å². The quantitative estimate of drug-likeness (QED) is 0.618. The number of allylic oxidation sites excluding steroid dienone is 2. The molecular formula is C17H14BrCl2NO2S. The van der Waals surface area contributed by atoms with E-state index in [0.717, 1.165) is 27.0 Å². The molecule has 3 rings (SSSR count). The van der Waals surface area contributed by atoms with Crippen molar-refractivity contribution in [3.8, 4) is 0 Å². The number of fused-ring (bicyclic) bond motifs is 1. The molecule has 7 heteroatoms. The van der Waals surface area contributed by atoms with E-state index >= 15 is 0 Å². The fraction of sp³-hybridized carbons (Fsp3) is 0.176. The lowest BCUT2D eigenvalue weighted by Crippen LogP contribution is -2.20. The van der Waals surface area contributed by atoms with Crippen molar-refractivity contribution in [3.63, 3.8) is 0 Å². The third-order valence-corrected chi connectivity index (χ3v) is 6.52. The van der Waals surface area contributed by atoms with Crippen molar-refractivity contribution in [2.24, 2.45) is 0 Å². The van der Waals surface area contributed by atoms with Crippen LogP contribution in [0.25, 0.3) is 0 Å². The summed E-state index contributed by atoms with van der Waals surface area (Å²) in [5, 5.41) is 0.677. The van der Waals surface area contributed by atoms with Crippen LogP contribution in [0.5, 0.6) is 0 Å². The van der Waals surface area contributed by atoms with Crippen molar-refractivity contribution in [3.05, 3.63) is 68.8 Å². The first kappa shape index (κ1) is 17.8. The molecule has 0 spiro atoms. The summed E-state index contributed by atoms with van der Waals surface area (Å²) in [5.41, 5.74) is 3.70. The molecule has 126 valence electrons. The molecule has 0 saturated carbocycles. The molecule has 1 aliphatic rings. The first-order valence-electron chi connectivity index (χ1n) is 7.17. The van der Waals surface area contributed by atoms with Crippen molar-refractivity contribution >= 4 is 54.8 Å². The first-order valence-corrected chi connectivity index (χ1v) is 10.6. The predicted molar refractivity (Wildman–Crippen MR) is 102 cm³/mol. The monoisotopic (exact) mass is 445 g/mol. The fourth-order valence-corrected chi connectivity index (χ4v) is 4.40. The second-order valence-corrected chi connectivity index (χ2v) is 9.30. The molecule has 0 amide bonds. The normalized spacial score (nSPS) is 14.8. The first-order chi connectivity index (χ1) is 11.3. The number of sulfone groups is 1. The van der Waals surface area contributed by atoms with Gasteiger partial charge < -0.3 is 0 Å². The molecule has 0 saturated heterocycles. The van der Waals surface area contributed by atoms with E-state index in [1.807, 2.05) is 18.2 Å². The number of rotatable bonds is 3. The highest BCUT2D eigenvalue weighted by Gasteiger charge is 2.25. The van der Waals surface area contributed by atoms with Crippen LogP contribution in [0.4, 0.5) is 5.69 Å². The molecule has 1 heterocycles. The minimum absolute atomic E-state index is 0.298. The molecule has 2 aromatic carbocycles. The molecular weight excluding hydrogens is 433 g/mol. The highest BCUT2D eigenvalue weighted by molar-refractivity contribution is 9.10. The number of benzene rings is 2. The van der Waals surface area contributed by atoms with Gasteiger partial charge in [0.2, 0.25) is 0 Å². The second-order valence-electron chi connectivity index (χ2n) is 5.64. The van der Waals surface area contributed by atoms with Gasteiger partial charge in [-0.2, -0.15) is 0 Å². The SMILES string of the molecule is CS(=O)(=O)c1ccc(CC2=C(Cl)Cc3c(Br)cccc3N2Cl)cc1. The van der Waals surface area contributed by atoms with Gasteiger partial charge in [-0.3, -0.25) is 4.42 Å². The van der Waals surface area contributed by atoms with Crippen LogP contribution < -0.4 is 4.42 Å². The summed E-state index contributed by atoms with van der Waals surface area (Å²) in [6.45, 7) is 0. The Morgan fingerprint density at radius 3 is 2.46 bits per heavy atom. The smallest absolute Gasteiger partial charge is 0.175 e. The zero-order valence-corrected chi connectivity index (χ0v) is 16.7. The Kier molecular flexibility index (Phi) is 4.98. The molecule has 1 aliphatic heterocycles. The maximum atomic E-state index is 11.5. The van der Waals surface area contributed by atoms with Crippen molar-refractivity contribution in [1.82, 2.24) is 0 Å². The maximum Gasteiger partial charge on any atom is 0.175 e. The standard InChI is InChI=1S/C17H14BrCl2NO2S/c1-24(22,23)12-7-5-11(6-8-12)9-17-15(19)10-13-14(18)3-2-4-16(13)21(17)20/h2-8H,9-10H2,1H3. The number of halogens is 3. The van der Waals surface area contributed by atoms with Gasteiger partial charge in [-0.1, -0.05) is 45.7 Å². The molecule has 0 fully saturated rings. The topological polar surface area (TPSA) is 37.4 Å². The average molecular weight is 447 g/mol. The van der Waals surface area contributed by atoms with Crippen LogP contribution in [0.15, 0.2) is 62.6 Å². The van der Waals surface area contributed by atoms with E-state index in [4.69, 9.17) is 23.4 Å². The van der Waals surface area contributed by atoms with Gasteiger partial charge in [-0.15, -0.1) is 0 Å². The molecule has 3 nitrogen and oxygen atoms in total. The van der Waals surface area contributed by atoms with Crippen molar-refractivity contribution < 1.29 is 8.42 Å². The predicted octanol–water partition coefficient (Wildman–Crippen LogP) is 5.06. The molecule has 0 aromatic heterocycles. The average Bonchev–Trinajstić information content (AvgIpc) is 2.52. The summed E-state index contributed by atoms with van der Waals surface area (Å²) >= 11 is 16.5. The molecule has 0 radical (unpaired) electrons. The summed E-state index contributed by atoms with van der Waals surface area (Å²) in [4.78, 5) is 0.298. The van der Waals surface area contributed by atoms with Gasteiger partial charge in [0.1, 0.15) is 0 Å². The maximum absolute atomic E-state index is 11.5. The van der Waals surface area contributed by atoms with Gasteiger partial charge in [-0.25, -0.2) is 8.42 Å². The fourth-order valence-electron chi connectivity index (χ4n) is 2.63. The van der Waals surface area contributed by atoms with Crippen LogP contribution in [-0.4, -0.2) is 14.7 Å². The molecule has 24 heavy (non-hydrogen) atoms. The van der Waals surface area contributed by atoms with E-state index in [0.29, 0.717) is 22.8 Å². The van der Waals surface area contributed by atoms with E-state index in [2.05, 4.69) is 15.9 Å². The molecule has 2 aromatic rings. The number of anilines is 1. The van der Waals surface area contributed by atoms with Crippen LogP contribution in [0.3, 0.4) is 0 Å². The molecule has 0 unspecified atom stereocenters. The third kappa shape index (κ3) is 3.49. The molecule has 0 aliphatic carbocycles. The minimum atomic E-state index is -3.20. The lowest BCUT2D eigenvalue weighted by Gasteiger charge is -2.29. The zero-order chi connectivity index (χ0) is 17.5. The number of hydrogen-bond donors (Lipinski definition) is 0. The van der Waals surface area contributed by atoms with E-state index in [1.165, 1.54) is 6.26 Å². The second kappa shape index (κ2) is 6.71. The number of hydrogen-bond acceptors (Lipinski definition) is 3. The van der Waals surface area contributed by atoms with Crippen LogP contribution in [0, 0.1) is 0 Å². The van der Waals surface area contributed by atoms with Gasteiger partial charge in [0.15, 0.2) is 9.84 Å². The van der Waals surface area contributed by atoms with Crippen molar-refractivity contribution in [2.45, 2.75) is 17.7 Å². The van der Waals surface area contributed by atoms with Gasteiger partial charge >= 0.3 is 0 Å². The van der Waals surface area contributed by atoms with Gasteiger partial charge in [-0.05, 0) is 35.4 Å². The molecule has 0 atom stereocenters. The summed E-state index contributed by atoms with van der Waals surface area (Å²) in [6.07, 6.45) is 2.33. The van der Waals surface area contributed by atoms with Gasteiger partial charge in [0, 0.05) is 40.4 Å².